The smallest absolute Gasteiger partial charge is 0.255 e. The highest BCUT2D eigenvalue weighted by Crippen LogP contribution is 2.14. The van der Waals surface area contributed by atoms with Gasteiger partial charge in [0.05, 0.1) is 6.54 Å². The van der Waals surface area contributed by atoms with Crippen LogP contribution in [0.1, 0.15) is 26.3 Å². The van der Waals surface area contributed by atoms with Crippen LogP contribution in [0.15, 0.2) is 84.9 Å². The average Bonchev–Trinajstić information content (AvgIpc) is 2.89. The maximum absolute atomic E-state index is 12.9. The minimum absolute atomic E-state index is 0.0169. The minimum atomic E-state index is -0.191. The molecule has 0 spiro atoms. The Hall–Kier alpha value is -3.97. The van der Waals surface area contributed by atoms with Crippen LogP contribution in [0.5, 0.6) is 0 Å². The molecule has 174 valence electrons. The van der Waals surface area contributed by atoms with Gasteiger partial charge >= 0.3 is 0 Å². The second-order valence-electron chi connectivity index (χ2n) is 8.23. The first-order chi connectivity index (χ1) is 16.6. The van der Waals surface area contributed by atoms with E-state index in [1.54, 1.807) is 41.3 Å². The maximum Gasteiger partial charge on any atom is 0.255 e. The molecule has 0 atom stereocenters. The van der Waals surface area contributed by atoms with Gasteiger partial charge in [0.25, 0.3) is 11.8 Å². The zero-order chi connectivity index (χ0) is 23.8. The fourth-order valence-corrected chi connectivity index (χ4v) is 3.84. The Kier molecular flexibility index (Phi) is 7.67. The number of carbonyl (C=O) groups is 3. The second-order valence-corrected chi connectivity index (χ2v) is 8.23. The van der Waals surface area contributed by atoms with Crippen molar-refractivity contribution in [3.8, 4) is 0 Å². The predicted molar refractivity (Wildman–Crippen MR) is 131 cm³/mol. The first kappa shape index (κ1) is 23.2. The van der Waals surface area contributed by atoms with Gasteiger partial charge in [-0.3, -0.25) is 19.3 Å². The van der Waals surface area contributed by atoms with E-state index in [0.717, 1.165) is 5.56 Å². The third kappa shape index (κ3) is 6.30. The van der Waals surface area contributed by atoms with Crippen LogP contribution in [-0.2, 0) is 11.3 Å². The molecule has 1 fully saturated rings. The Labute approximate surface area is 199 Å². The molecule has 0 unspecified atom stereocenters. The van der Waals surface area contributed by atoms with Crippen molar-refractivity contribution in [1.82, 2.24) is 15.1 Å². The molecular formula is C27H28N4O3. The minimum Gasteiger partial charge on any atom is -0.351 e. The largest absolute Gasteiger partial charge is 0.351 e. The highest BCUT2D eigenvalue weighted by atomic mass is 16.2. The van der Waals surface area contributed by atoms with Crippen LogP contribution < -0.4 is 10.6 Å². The van der Waals surface area contributed by atoms with Crippen LogP contribution in [0, 0.1) is 0 Å². The standard InChI is InChI=1S/C27H28N4O3/c32-25(28-19-21-7-3-1-4-8-21)20-30-15-17-31(18-16-30)27(34)23-11-13-24(14-12-23)29-26(33)22-9-5-2-6-10-22/h1-14H,15-20H2,(H,28,32)(H,29,33). The number of amides is 3. The predicted octanol–water partition coefficient (Wildman–Crippen LogP) is 3.01. The zero-order valence-corrected chi connectivity index (χ0v) is 18.9. The van der Waals surface area contributed by atoms with E-state index in [2.05, 4.69) is 15.5 Å². The summed E-state index contributed by atoms with van der Waals surface area (Å²) in [5, 5.41) is 5.78. The average molecular weight is 457 g/mol. The first-order valence-electron chi connectivity index (χ1n) is 11.4. The fourth-order valence-electron chi connectivity index (χ4n) is 3.84. The molecule has 1 heterocycles. The quantitative estimate of drug-likeness (QED) is 0.573. The molecule has 3 amide bonds. The molecule has 0 aromatic heterocycles. The van der Waals surface area contributed by atoms with Crippen molar-refractivity contribution in [2.45, 2.75) is 6.54 Å². The maximum atomic E-state index is 12.9. The van der Waals surface area contributed by atoms with Crippen LogP contribution in [0.4, 0.5) is 5.69 Å². The van der Waals surface area contributed by atoms with Crippen LogP contribution in [-0.4, -0.2) is 60.2 Å². The summed E-state index contributed by atoms with van der Waals surface area (Å²) in [7, 11) is 0. The number of benzene rings is 3. The summed E-state index contributed by atoms with van der Waals surface area (Å²) >= 11 is 0. The van der Waals surface area contributed by atoms with E-state index in [9.17, 15) is 14.4 Å². The van der Waals surface area contributed by atoms with Gasteiger partial charge in [-0.25, -0.2) is 0 Å². The van der Waals surface area contributed by atoms with Gasteiger partial charge in [0.2, 0.25) is 5.91 Å². The molecule has 4 rings (SSSR count). The van der Waals surface area contributed by atoms with Crippen LogP contribution in [0.3, 0.4) is 0 Å². The molecule has 1 aliphatic heterocycles. The summed E-state index contributed by atoms with van der Waals surface area (Å²) in [6.45, 7) is 3.27. The van der Waals surface area contributed by atoms with E-state index < -0.39 is 0 Å². The lowest BCUT2D eigenvalue weighted by Crippen LogP contribution is -2.51. The Balaban J connectivity index is 1.22. The molecule has 0 aliphatic carbocycles. The number of nitrogens with one attached hydrogen (secondary N) is 2. The Morgan fingerprint density at radius 1 is 0.706 bits per heavy atom. The number of hydrogen-bond acceptors (Lipinski definition) is 4. The molecule has 3 aromatic rings. The number of piperazine rings is 1. The van der Waals surface area contributed by atoms with E-state index in [1.165, 1.54) is 0 Å². The van der Waals surface area contributed by atoms with Gasteiger partial charge in [-0.05, 0) is 42.0 Å². The van der Waals surface area contributed by atoms with Crippen molar-refractivity contribution in [3.63, 3.8) is 0 Å². The topological polar surface area (TPSA) is 81.8 Å². The van der Waals surface area contributed by atoms with E-state index in [0.29, 0.717) is 56.1 Å². The lowest BCUT2D eigenvalue weighted by Gasteiger charge is -2.34. The van der Waals surface area contributed by atoms with E-state index in [4.69, 9.17) is 0 Å². The van der Waals surface area contributed by atoms with Crippen molar-refractivity contribution in [1.29, 1.82) is 0 Å². The van der Waals surface area contributed by atoms with E-state index in [1.807, 2.05) is 48.5 Å². The number of nitrogens with zero attached hydrogens (tertiary/aromatic N) is 2. The summed E-state index contributed by atoms with van der Waals surface area (Å²) in [6, 6.07) is 25.7. The monoisotopic (exact) mass is 456 g/mol. The molecule has 0 radical (unpaired) electrons. The lowest BCUT2D eigenvalue weighted by atomic mass is 10.1. The normalized spacial score (nSPS) is 13.8. The van der Waals surface area contributed by atoms with Crippen molar-refractivity contribution < 1.29 is 14.4 Å². The highest BCUT2D eigenvalue weighted by molar-refractivity contribution is 6.04. The zero-order valence-electron chi connectivity index (χ0n) is 18.9. The molecule has 7 heteroatoms. The van der Waals surface area contributed by atoms with Crippen molar-refractivity contribution in [2.75, 3.05) is 38.0 Å². The Morgan fingerprint density at radius 3 is 1.97 bits per heavy atom. The summed E-state index contributed by atoms with van der Waals surface area (Å²) in [4.78, 5) is 41.3. The van der Waals surface area contributed by atoms with Gasteiger partial charge in [0.15, 0.2) is 0 Å². The fraction of sp³-hybridized carbons (Fsp3) is 0.222. The summed E-state index contributed by atoms with van der Waals surface area (Å²) < 4.78 is 0. The van der Waals surface area contributed by atoms with Crippen molar-refractivity contribution >= 4 is 23.4 Å². The van der Waals surface area contributed by atoms with Gasteiger partial charge in [0, 0.05) is 49.5 Å². The van der Waals surface area contributed by atoms with E-state index in [-0.39, 0.29) is 17.7 Å². The molecule has 0 bridgehead atoms. The number of hydrogen-bond donors (Lipinski definition) is 2. The third-order valence-electron chi connectivity index (χ3n) is 5.78. The molecular weight excluding hydrogens is 428 g/mol. The SMILES string of the molecule is O=C(CN1CCN(C(=O)c2ccc(NC(=O)c3ccccc3)cc2)CC1)NCc1ccccc1. The summed E-state index contributed by atoms with van der Waals surface area (Å²) in [5.41, 5.74) is 2.86. The Bertz CT molecular complexity index is 1110. The lowest BCUT2D eigenvalue weighted by molar-refractivity contribution is -0.122. The number of anilines is 1. The first-order valence-corrected chi connectivity index (χ1v) is 11.4. The summed E-state index contributed by atoms with van der Waals surface area (Å²) in [5.74, 6) is -0.255. The van der Waals surface area contributed by atoms with Gasteiger partial charge in [-0.1, -0.05) is 48.5 Å². The van der Waals surface area contributed by atoms with Crippen LogP contribution >= 0.6 is 0 Å². The van der Waals surface area contributed by atoms with Gasteiger partial charge in [-0.15, -0.1) is 0 Å². The van der Waals surface area contributed by atoms with Crippen molar-refractivity contribution in [2.24, 2.45) is 0 Å². The Morgan fingerprint density at radius 2 is 1.32 bits per heavy atom. The molecule has 3 aromatic carbocycles. The van der Waals surface area contributed by atoms with Crippen molar-refractivity contribution in [3.05, 3.63) is 102 Å². The molecule has 1 aliphatic rings. The molecule has 7 nitrogen and oxygen atoms in total. The van der Waals surface area contributed by atoms with Gasteiger partial charge in [0.1, 0.15) is 0 Å². The van der Waals surface area contributed by atoms with E-state index >= 15 is 0 Å². The number of carbonyl (C=O) groups excluding carboxylic acids is 3. The molecule has 1 saturated heterocycles. The number of rotatable bonds is 7. The van der Waals surface area contributed by atoms with Gasteiger partial charge in [-0.2, -0.15) is 0 Å². The molecule has 2 N–H and O–H groups in total. The van der Waals surface area contributed by atoms with Crippen LogP contribution in [0.2, 0.25) is 0 Å². The summed E-state index contributed by atoms with van der Waals surface area (Å²) in [6.07, 6.45) is 0. The molecule has 34 heavy (non-hydrogen) atoms. The second kappa shape index (κ2) is 11.2. The third-order valence-corrected chi connectivity index (χ3v) is 5.78. The highest BCUT2D eigenvalue weighted by Gasteiger charge is 2.23. The van der Waals surface area contributed by atoms with Gasteiger partial charge < -0.3 is 15.5 Å². The van der Waals surface area contributed by atoms with Crippen LogP contribution in [0.25, 0.3) is 0 Å². The molecule has 0 saturated carbocycles.